The van der Waals surface area contributed by atoms with E-state index in [1.807, 2.05) is 25.4 Å². The monoisotopic (exact) mass is 220 g/mol. The molecule has 0 aromatic carbocycles. The van der Waals surface area contributed by atoms with Crippen LogP contribution in [0.25, 0.3) is 11.5 Å². The molecule has 0 bridgehead atoms. The second kappa shape index (κ2) is 4.94. The van der Waals surface area contributed by atoms with E-state index < -0.39 is 0 Å². The second-order valence-electron chi connectivity index (χ2n) is 3.63. The summed E-state index contributed by atoms with van der Waals surface area (Å²) in [4.78, 5) is 4.32. The van der Waals surface area contributed by atoms with Gasteiger partial charge in [0, 0.05) is 12.7 Å². The van der Waals surface area contributed by atoms with E-state index in [0.29, 0.717) is 18.3 Å². The van der Waals surface area contributed by atoms with Crippen molar-refractivity contribution >= 4 is 0 Å². The summed E-state index contributed by atoms with van der Waals surface area (Å²) >= 11 is 0. The summed E-state index contributed by atoms with van der Waals surface area (Å²) in [6, 6.07) is 4.00. The molecule has 2 aromatic rings. The maximum Gasteiger partial charge on any atom is 0.240 e. The van der Waals surface area contributed by atoms with Crippen molar-refractivity contribution in [3.63, 3.8) is 0 Å². The van der Waals surface area contributed by atoms with Gasteiger partial charge in [-0.3, -0.25) is 0 Å². The maximum absolute atomic E-state index is 5.13. The molecule has 2 heterocycles. The van der Waals surface area contributed by atoms with E-state index in [2.05, 4.69) is 26.9 Å². The lowest BCUT2D eigenvalue weighted by Gasteiger charge is -2.02. The Balaban J connectivity index is 2.24. The molecule has 0 saturated heterocycles. The van der Waals surface area contributed by atoms with Crippen LogP contribution in [0.15, 0.2) is 22.9 Å². The molecule has 86 valence electrons. The molecule has 0 radical (unpaired) electrons. The van der Waals surface area contributed by atoms with Gasteiger partial charge in [-0.05, 0) is 25.6 Å². The molecule has 0 saturated carbocycles. The third-order valence-electron chi connectivity index (χ3n) is 2.32. The van der Waals surface area contributed by atoms with Gasteiger partial charge in [-0.1, -0.05) is 12.1 Å². The Morgan fingerprint density at radius 1 is 1.50 bits per heavy atom. The number of nitrogens with one attached hydrogen (secondary N) is 1. The zero-order valence-electron chi connectivity index (χ0n) is 9.60. The number of nitrogens with zero attached hydrogens (tertiary/aromatic N) is 3. The first-order valence-electron chi connectivity index (χ1n) is 5.48. The summed E-state index contributed by atoms with van der Waals surface area (Å²) in [6.07, 6.45) is 3.12. The molecule has 1 N–H and O–H groups in total. The number of rotatable bonds is 5. The minimum Gasteiger partial charge on any atom is -0.345 e. The first-order chi connectivity index (χ1) is 7.85. The van der Waals surface area contributed by atoms with Gasteiger partial charge in [-0.25, -0.2) is 0 Å². The van der Waals surface area contributed by atoms with E-state index in [1.54, 1.807) is 0 Å². The molecule has 0 atom stereocenters. The van der Waals surface area contributed by atoms with E-state index in [1.165, 1.54) is 0 Å². The van der Waals surface area contributed by atoms with Crippen LogP contribution in [0.4, 0.5) is 0 Å². The van der Waals surface area contributed by atoms with Crippen LogP contribution in [-0.2, 0) is 13.1 Å². The molecule has 16 heavy (non-hydrogen) atoms. The fourth-order valence-electron chi connectivity index (χ4n) is 1.63. The van der Waals surface area contributed by atoms with E-state index in [-0.39, 0.29) is 0 Å². The summed E-state index contributed by atoms with van der Waals surface area (Å²) < 4.78 is 7.26. The third-order valence-corrected chi connectivity index (χ3v) is 2.32. The Morgan fingerprint density at radius 2 is 2.38 bits per heavy atom. The Kier molecular flexibility index (Phi) is 3.36. The van der Waals surface area contributed by atoms with Crippen molar-refractivity contribution in [3.8, 4) is 11.5 Å². The van der Waals surface area contributed by atoms with Gasteiger partial charge in [0.15, 0.2) is 0 Å². The normalized spacial score (nSPS) is 10.9. The lowest BCUT2D eigenvalue weighted by atomic mass is 10.4. The summed E-state index contributed by atoms with van der Waals surface area (Å²) in [5.74, 6) is 1.27. The van der Waals surface area contributed by atoms with E-state index in [4.69, 9.17) is 4.52 Å². The highest BCUT2D eigenvalue weighted by Gasteiger charge is 2.11. The predicted octanol–water partition coefficient (Wildman–Crippen LogP) is 1.67. The molecule has 2 aromatic heterocycles. The van der Waals surface area contributed by atoms with Gasteiger partial charge in [0.2, 0.25) is 11.7 Å². The SMILES string of the molecule is CCCn1cccc1-c1noc(CNC)n1. The van der Waals surface area contributed by atoms with Crippen molar-refractivity contribution in [1.29, 1.82) is 0 Å². The van der Waals surface area contributed by atoms with Gasteiger partial charge in [0.05, 0.1) is 12.2 Å². The van der Waals surface area contributed by atoms with Gasteiger partial charge < -0.3 is 14.4 Å². The molecule has 2 rings (SSSR count). The number of hydrogen-bond acceptors (Lipinski definition) is 4. The Bertz CT molecular complexity index is 446. The van der Waals surface area contributed by atoms with Gasteiger partial charge in [-0.2, -0.15) is 4.98 Å². The van der Waals surface area contributed by atoms with Crippen LogP contribution in [0.3, 0.4) is 0 Å². The molecule has 0 aliphatic carbocycles. The molecule has 0 fully saturated rings. The first-order valence-corrected chi connectivity index (χ1v) is 5.48. The van der Waals surface area contributed by atoms with E-state index in [9.17, 15) is 0 Å². The van der Waals surface area contributed by atoms with Gasteiger partial charge in [0.25, 0.3) is 0 Å². The fraction of sp³-hybridized carbons (Fsp3) is 0.455. The Labute approximate surface area is 94.5 Å². The van der Waals surface area contributed by atoms with Crippen molar-refractivity contribution in [2.24, 2.45) is 0 Å². The average Bonchev–Trinajstić information content (AvgIpc) is 2.87. The quantitative estimate of drug-likeness (QED) is 0.832. The van der Waals surface area contributed by atoms with Crippen LogP contribution in [-0.4, -0.2) is 21.8 Å². The summed E-state index contributed by atoms with van der Waals surface area (Å²) in [5, 5.41) is 6.95. The second-order valence-corrected chi connectivity index (χ2v) is 3.63. The Morgan fingerprint density at radius 3 is 3.12 bits per heavy atom. The van der Waals surface area contributed by atoms with Gasteiger partial charge in [-0.15, -0.1) is 0 Å². The van der Waals surface area contributed by atoms with Crippen LogP contribution in [0.5, 0.6) is 0 Å². The standard InChI is InChI=1S/C11H16N4O/c1-3-6-15-7-4-5-9(15)11-13-10(8-12-2)16-14-11/h4-5,7,12H,3,6,8H2,1-2H3. The van der Waals surface area contributed by atoms with E-state index >= 15 is 0 Å². The molecule has 0 aliphatic heterocycles. The largest absolute Gasteiger partial charge is 0.345 e. The first kappa shape index (κ1) is 10.9. The van der Waals surface area contributed by atoms with Crippen LogP contribution >= 0.6 is 0 Å². The highest BCUT2D eigenvalue weighted by atomic mass is 16.5. The smallest absolute Gasteiger partial charge is 0.240 e. The number of hydrogen-bond donors (Lipinski definition) is 1. The third kappa shape index (κ3) is 2.14. The van der Waals surface area contributed by atoms with Crippen LogP contribution in [0.2, 0.25) is 0 Å². The van der Waals surface area contributed by atoms with Crippen LogP contribution in [0, 0.1) is 0 Å². The summed E-state index contributed by atoms with van der Waals surface area (Å²) in [5.41, 5.74) is 1.01. The molecule has 0 amide bonds. The highest BCUT2D eigenvalue weighted by molar-refractivity contribution is 5.49. The molecular weight excluding hydrogens is 204 g/mol. The lowest BCUT2D eigenvalue weighted by molar-refractivity contribution is 0.372. The lowest BCUT2D eigenvalue weighted by Crippen LogP contribution is -2.05. The number of aryl methyl sites for hydroxylation is 1. The molecule has 0 unspecified atom stereocenters. The van der Waals surface area contributed by atoms with Crippen molar-refractivity contribution < 1.29 is 4.52 Å². The summed E-state index contributed by atoms with van der Waals surface area (Å²) in [7, 11) is 1.85. The highest BCUT2D eigenvalue weighted by Crippen LogP contribution is 2.17. The van der Waals surface area contributed by atoms with Crippen molar-refractivity contribution in [2.75, 3.05) is 7.05 Å². The molecule has 0 aliphatic rings. The van der Waals surface area contributed by atoms with Gasteiger partial charge >= 0.3 is 0 Å². The zero-order valence-corrected chi connectivity index (χ0v) is 9.60. The molecular formula is C11H16N4O. The van der Waals surface area contributed by atoms with Crippen molar-refractivity contribution in [2.45, 2.75) is 26.4 Å². The molecule has 5 nitrogen and oxygen atoms in total. The molecule has 0 spiro atoms. The minimum atomic E-state index is 0.599. The Hall–Kier alpha value is -1.62. The molecule has 5 heteroatoms. The average molecular weight is 220 g/mol. The topological polar surface area (TPSA) is 55.9 Å². The summed E-state index contributed by atoms with van der Waals surface area (Å²) in [6.45, 7) is 3.71. The van der Waals surface area contributed by atoms with Gasteiger partial charge in [0.1, 0.15) is 0 Å². The van der Waals surface area contributed by atoms with Crippen molar-refractivity contribution in [3.05, 3.63) is 24.2 Å². The van der Waals surface area contributed by atoms with E-state index in [0.717, 1.165) is 18.7 Å². The minimum absolute atomic E-state index is 0.599. The maximum atomic E-state index is 5.13. The van der Waals surface area contributed by atoms with Crippen LogP contribution < -0.4 is 5.32 Å². The fourth-order valence-corrected chi connectivity index (χ4v) is 1.63. The zero-order chi connectivity index (χ0) is 11.4. The number of aromatic nitrogens is 3. The predicted molar refractivity (Wildman–Crippen MR) is 60.8 cm³/mol. The van der Waals surface area contributed by atoms with Crippen molar-refractivity contribution in [1.82, 2.24) is 20.0 Å². The van der Waals surface area contributed by atoms with Crippen LogP contribution in [0.1, 0.15) is 19.2 Å².